The van der Waals surface area contributed by atoms with Crippen LogP contribution in [0.1, 0.15) is 6.42 Å². The van der Waals surface area contributed by atoms with E-state index in [1.54, 1.807) is 14.1 Å². The van der Waals surface area contributed by atoms with Crippen molar-refractivity contribution >= 4 is 11.8 Å². The molecule has 1 heterocycles. The SMILES string of the molecule is CNC(=O)CN(C)C(=O)C1CCNC1. The van der Waals surface area contributed by atoms with E-state index in [1.165, 1.54) is 4.90 Å². The average Bonchev–Trinajstić information content (AvgIpc) is 2.69. The summed E-state index contributed by atoms with van der Waals surface area (Å²) in [6.45, 7) is 1.77. The highest BCUT2D eigenvalue weighted by Crippen LogP contribution is 2.10. The minimum Gasteiger partial charge on any atom is -0.358 e. The Labute approximate surface area is 83.8 Å². The highest BCUT2D eigenvalue weighted by atomic mass is 16.2. The van der Waals surface area contributed by atoms with Gasteiger partial charge in [-0.15, -0.1) is 0 Å². The summed E-state index contributed by atoms with van der Waals surface area (Å²) in [5, 5.41) is 5.62. The van der Waals surface area contributed by atoms with Crippen molar-refractivity contribution in [3.8, 4) is 0 Å². The van der Waals surface area contributed by atoms with Crippen LogP contribution in [-0.2, 0) is 9.59 Å². The first kappa shape index (κ1) is 11.0. The van der Waals surface area contributed by atoms with Gasteiger partial charge in [0.2, 0.25) is 11.8 Å². The molecule has 0 saturated carbocycles. The van der Waals surface area contributed by atoms with Crippen molar-refractivity contribution in [3.05, 3.63) is 0 Å². The summed E-state index contributed by atoms with van der Waals surface area (Å²) >= 11 is 0. The number of carbonyl (C=O) groups is 2. The van der Waals surface area contributed by atoms with Crippen molar-refractivity contribution in [1.29, 1.82) is 0 Å². The first-order valence-corrected chi connectivity index (χ1v) is 4.81. The smallest absolute Gasteiger partial charge is 0.239 e. The number of nitrogens with zero attached hydrogens (tertiary/aromatic N) is 1. The Balaban J connectivity index is 2.39. The van der Waals surface area contributed by atoms with Crippen LogP contribution in [0.4, 0.5) is 0 Å². The topological polar surface area (TPSA) is 61.4 Å². The van der Waals surface area contributed by atoms with Crippen molar-refractivity contribution < 1.29 is 9.59 Å². The second-order valence-electron chi connectivity index (χ2n) is 3.56. The van der Waals surface area contributed by atoms with Gasteiger partial charge < -0.3 is 15.5 Å². The Morgan fingerprint density at radius 3 is 2.79 bits per heavy atom. The normalized spacial score (nSPS) is 20.6. The molecule has 1 aliphatic heterocycles. The molecule has 1 atom stereocenters. The van der Waals surface area contributed by atoms with E-state index in [2.05, 4.69) is 10.6 Å². The van der Waals surface area contributed by atoms with Gasteiger partial charge in [0.15, 0.2) is 0 Å². The molecule has 0 aliphatic carbocycles. The van der Waals surface area contributed by atoms with E-state index in [0.717, 1.165) is 19.5 Å². The fraction of sp³-hybridized carbons (Fsp3) is 0.778. The zero-order valence-electron chi connectivity index (χ0n) is 8.67. The van der Waals surface area contributed by atoms with E-state index in [0.29, 0.717) is 0 Å². The van der Waals surface area contributed by atoms with Crippen LogP contribution in [0.25, 0.3) is 0 Å². The van der Waals surface area contributed by atoms with Crippen molar-refractivity contribution in [2.75, 3.05) is 33.7 Å². The van der Waals surface area contributed by atoms with Gasteiger partial charge in [-0.3, -0.25) is 9.59 Å². The predicted molar refractivity (Wildman–Crippen MR) is 52.7 cm³/mol. The Bertz CT molecular complexity index is 224. The molecule has 0 radical (unpaired) electrons. The molecule has 80 valence electrons. The number of hydrogen-bond donors (Lipinski definition) is 2. The lowest BCUT2D eigenvalue weighted by Gasteiger charge is -2.19. The molecule has 1 aliphatic rings. The van der Waals surface area contributed by atoms with Crippen LogP contribution in [0.2, 0.25) is 0 Å². The van der Waals surface area contributed by atoms with Gasteiger partial charge in [-0.1, -0.05) is 0 Å². The summed E-state index contributed by atoms with van der Waals surface area (Å²) in [5.41, 5.74) is 0. The van der Waals surface area contributed by atoms with Gasteiger partial charge in [0.25, 0.3) is 0 Å². The molecule has 2 N–H and O–H groups in total. The molecule has 0 aromatic rings. The van der Waals surface area contributed by atoms with E-state index in [9.17, 15) is 9.59 Å². The summed E-state index contributed by atoms with van der Waals surface area (Å²) in [5.74, 6) is -0.0323. The lowest BCUT2D eigenvalue weighted by atomic mass is 10.1. The van der Waals surface area contributed by atoms with E-state index < -0.39 is 0 Å². The second kappa shape index (κ2) is 4.95. The summed E-state index contributed by atoms with van der Waals surface area (Å²) in [4.78, 5) is 24.2. The third-order valence-corrected chi connectivity index (χ3v) is 2.45. The largest absolute Gasteiger partial charge is 0.358 e. The second-order valence-corrected chi connectivity index (χ2v) is 3.56. The van der Waals surface area contributed by atoms with Gasteiger partial charge in [0, 0.05) is 20.6 Å². The molecule has 5 heteroatoms. The van der Waals surface area contributed by atoms with E-state index in [-0.39, 0.29) is 24.3 Å². The standard InChI is InChI=1S/C9H17N3O2/c1-10-8(13)6-12(2)9(14)7-3-4-11-5-7/h7,11H,3-6H2,1-2H3,(H,10,13). The lowest BCUT2D eigenvalue weighted by molar-refractivity contribution is -0.137. The lowest BCUT2D eigenvalue weighted by Crippen LogP contribution is -2.40. The fourth-order valence-electron chi connectivity index (χ4n) is 1.55. The van der Waals surface area contributed by atoms with Crippen LogP contribution in [0, 0.1) is 5.92 Å². The third kappa shape index (κ3) is 2.70. The molecule has 1 rings (SSSR count). The number of hydrogen-bond acceptors (Lipinski definition) is 3. The van der Waals surface area contributed by atoms with Gasteiger partial charge in [0.05, 0.1) is 12.5 Å². The molecule has 0 aromatic carbocycles. The quantitative estimate of drug-likeness (QED) is 0.600. The average molecular weight is 199 g/mol. The van der Waals surface area contributed by atoms with Crippen LogP contribution < -0.4 is 10.6 Å². The maximum absolute atomic E-state index is 11.7. The Kier molecular flexibility index (Phi) is 3.88. The molecule has 0 bridgehead atoms. The molecule has 14 heavy (non-hydrogen) atoms. The number of likely N-dealkylation sites (N-methyl/N-ethyl adjacent to an activating group) is 2. The number of nitrogens with one attached hydrogen (secondary N) is 2. The molecule has 1 fully saturated rings. The van der Waals surface area contributed by atoms with E-state index >= 15 is 0 Å². The summed E-state index contributed by atoms with van der Waals surface area (Å²) in [6, 6.07) is 0. The molecule has 1 saturated heterocycles. The van der Waals surface area contributed by atoms with Crippen molar-refractivity contribution in [2.24, 2.45) is 5.92 Å². The monoisotopic (exact) mass is 199 g/mol. The fourth-order valence-corrected chi connectivity index (χ4v) is 1.55. The van der Waals surface area contributed by atoms with Gasteiger partial charge in [-0.2, -0.15) is 0 Å². The molecule has 1 unspecified atom stereocenters. The van der Waals surface area contributed by atoms with Gasteiger partial charge >= 0.3 is 0 Å². The maximum atomic E-state index is 11.7. The summed E-state index contributed by atoms with van der Waals surface area (Å²) in [7, 11) is 3.23. The van der Waals surface area contributed by atoms with Crippen LogP contribution in [-0.4, -0.2) is 50.4 Å². The number of amides is 2. The predicted octanol–water partition coefficient (Wildman–Crippen LogP) is -1.20. The maximum Gasteiger partial charge on any atom is 0.239 e. The van der Waals surface area contributed by atoms with Gasteiger partial charge in [0.1, 0.15) is 0 Å². The van der Waals surface area contributed by atoms with Crippen LogP contribution >= 0.6 is 0 Å². The van der Waals surface area contributed by atoms with Gasteiger partial charge in [-0.25, -0.2) is 0 Å². The number of rotatable bonds is 3. The van der Waals surface area contributed by atoms with E-state index in [4.69, 9.17) is 0 Å². The number of carbonyl (C=O) groups excluding carboxylic acids is 2. The zero-order valence-corrected chi connectivity index (χ0v) is 8.67. The highest BCUT2D eigenvalue weighted by Gasteiger charge is 2.25. The minimum absolute atomic E-state index is 0.0460. The Morgan fingerprint density at radius 1 is 1.57 bits per heavy atom. The first-order valence-electron chi connectivity index (χ1n) is 4.81. The first-order chi connectivity index (χ1) is 6.65. The van der Waals surface area contributed by atoms with E-state index in [1.807, 2.05) is 0 Å². The molecule has 0 spiro atoms. The minimum atomic E-state index is -0.133. The molecule has 5 nitrogen and oxygen atoms in total. The summed E-state index contributed by atoms with van der Waals surface area (Å²) < 4.78 is 0. The van der Waals surface area contributed by atoms with Gasteiger partial charge in [-0.05, 0) is 13.0 Å². The van der Waals surface area contributed by atoms with Crippen LogP contribution in [0.15, 0.2) is 0 Å². The van der Waals surface area contributed by atoms with Crippen LogP contribution in [0.3, 0.4) is 0 Å². The molecular formula is C9H17N3O2. The Hall–Kier alpha value is -1.10. The third-order valence-electron chi connectivity index (χ3n) is 2.45. The van der Waals surface area contributed by atoms with Crippen molar-refractivity contribution in [3.63, 3.8) is 0 Å². The molecule has 2 amide bonds. The molecular weight excluding hydrogens is 182 g/mol. The highest BCUT2D eigenvalue weighted by molar-refractivity contribution is 5.85. The Morgan fingerprint density at radius 2 is 2.29 bits per heavy atom. The zero-order chi connectivity index (χ0) is 10.6. The van der Waals surface area contributed by atoms with Crippen LogP contribution in [0.5, 0.6) is 0 Å². The molecule has 0 aromatic heterocycles. The van der Waals surface area contributed by atoms with Crippen molar-refractivity contribution in [1.82, 2.24) is 15.5 Å². The van der Waals surface area contributed by atoms with Crippen molar-refractivity contribution in [2.45, 2.75) is 6.42 Å². The summed E-state index contributed by atoms with van der Waals surface area (Å²) in [6.07, 6.45) is 0.872.